The van der Waals surface area contributed by atoms with Gasteiger partial charge in [0.2, 0.25) is 0 Å². The molecule has 92 heavy (non-hydrogen) atoms. The molecule has 0 amide bonds. The first-order valence-electron chi connectivity index (χ1n) is 29.3. The summed E-state index contributed by atoms with van der Waals surface area (Å²) in [4.78, 5) is 49.0. The monoisotopic (exact) mass is 1470 g/mol. The molecule has 12 aromatic heterocycles. The van der Waals surface area contributed by atoms with Gasteiger partial charge in [0.25, 0.3) is 0 Å². The first-order chi connectivity index (χ1) is 45.2. The number of nitrogens with zero attached hydrogens (tertiary/aromatic N) is 16. The Morgan fingerprint density at radius 1 is 0.272 bits per heavy atom. The molecule has 0 saturated carbocycles. The van der Waals surface area contributed by atoms with Gasteiger partial charge in [-0.3, -0.25) is 0 Å². The summed E-state index contributed by atoms with van der Waals surface area (Å²) in [5.41, 5.74) is 16.8. The van der Waals surface area contributed by atoms with Crippen LogP contribution in [0.15, 0.2) is 274 Å². The van der Waals surface area contributed by atoms with E-state index in [-0.39, 0.29) is 0 Å². The van der Waals surface area contributed by atoms with Crippen molar-refractivity contribution in [2.75, 3.05) is 0 Å². The molecule has 0 unspecified atom stereocenters. The van der Waals surface area contributed by atoms with E-state index in [1.165, 1.54) is 49.2 Å². The molecule has 0 N–H and O–H groups in total. The van der Waals surface area contributed by atoms with Crippen molar-refractivity contribution in [3.05, 3.63) is 274 Å². The normalized spacial score (nSPS) is 11.0. The van der Waals surface area contributed by atoms with Crippen LogP contribution in [0.2, 0.25) is 0 Å². The van der Waals surface area contributed by atoms with Gasteiger partial charge < -0.3 is 0 Å². The van der Waals surface area contributed by atoms with Crippen LogP contribution in [0.1, 0.15) is 0 Å². The Bertz CT molecular complexity index is 5360. The van der Waals surface area contributed by atoms with Crippen molar-refractivity contribution < 1.29 is 0 Å². The molecular formula is C71H50Ga5N16. The Morgan fingerprint density at radius 2 is 0.793 bits per heavy atom. The number of para-hydroxylation sites is 5. The molecule has 12 heterocycles. The molecule has 0 bridgehead atoms. The molecule has 0 spiro atoms. The molecule has 0 saturated heterocycles. The van der Waals surface area contributed by atoms with Crippen molar-refractivity contribution in [2.45, 2.75) is 0 Å². The van der Waals surface area contributed by atoms with Crippen molar-refractivity contribution in [2.24, 2.45) is 0 Å². The fraction of sp³-hybridized carbons (Fsp3) is 0. The second-order valence-corrected chi connectivity index (χ2v) is 27.9. The van der Waals surface area contributed by atoms with Gasteiger partial charge >= 0.3 is 584 Å². The third-order valence-corrected chi connectivity index (χ3v) is 22.6. The van der Waals surface area contributed by atoms with Gasteiger partial charge in [0.15, 0.2) is 0 Å². The number of hydrogen-bond acceptors (Lipinski definition) is 11. The molecule has 429 valence electrons. The van der Waals surface area contributed by atoms with E-state index in [4.69, 9.17) is 9.97 Å². The third-order valence-electron chi connectivity index (χ3n) is 15.7. The zero-order valence-corrected chi connectivity index (χ0v) is 64.5. The van der Waals surface area contributed by atoms with E-state index < -0.39 is 0 Å². The number of fused-ring (bicyclic) bond motifs is 8. The maximum atomic E-state index is 4.76. The molecule has 0 fully saturated rings. The SMILES string of the molecule is [GaH][n]1c(-c2cc3ccccc3cn2)nc2ccccc21.[GaH][n]1c(-c2ccccn2)cc2ncncc21.[GaH][n]1c(-c2ccccn2)nc2ncccc21.[GaH][n]1c(-c2nccc3ccccc23)cc2ccccc21.[GaH][n]1c(-c2nccc3ccccc23)nc2ccccc21. The Morgan fingerprint density at radius 3 is 1.45 bits per heavy atom. The fourth-order valence-corrected chi connectivity index (χ4v) is 16.4. The van der Waals surface area contributed by atoms with Gasteiger partial charge in [0, 0.05) is 0 Å². The van der Waals surface area contributed by atoms with Crippen molar-refractivity contribution in [3.63, 3.8) is 0 Å². The van der Waals surface area contributed by atoms with Crippen LogP contribution in [-0.2, 0) is 0 Å². The van der Waals surface area contributed by atoms with Gasteiger partial charge in [0.1, 0.15) is 0 Å². The van der Waals surface area contributed by atoms with Gasteiger partial charge in [-0.25, -0.2) is 0 Å². The number of aromatic nitrogens is 16. The van der Waals surface area contributed by atoms with Crippen molar-refractivity contribution in [3.8, 4) is 57.3 Å². The van der Waals surface area contributed by atoms with E-state index in [0.29, 0.717) is 0 Å². The minimum absolute atomic E-state index is 0.786. The van der Waals surface area contributed by atoms with E-state index >= 15 is 0 Å². The summed E-state index contributed by atoms with van der Waals surface area (Å²) >= 11 is 5.05. The van der Waals surface area contributed by atoms with Crippen LogP contribution in [0.5, 0.6) is 0 Å². The summed E-state index contributed by atoms with van der Waals surface area (Å²) in [5, 5.41) is 8.44. The number of rotatable bonds is 5. The quantitative estimate of drug-likeness (QED) is 0.150. The first-order valence-corrected chi connectivity index (χ1v) is 36.0. The van der Waals surface area contributed by atoms with Crippen LogP contribution >= 0.6 is 0 Å². The first kappa shape index (κ1) is 60.3. The van der Waals surface area contributed by atoms with E-state index in [0.717, 1.165) is 190 Å². The molecule has 18 aromatic rings. The van der Waals surface area contributed by atoms with Crippen LogP contribution in [0, 0.1) is 0 Å². The maximum absolute atomic E-state index is 4.76. The van der Waals surface area contributed by atoms with Crippen LogP contribution in [-0.4, -0.2) is 165 Å². The Balaban J connectivity index is 0.000000100. The average molecular weight is 1480 g/mol. The van der Waals surface area contributed by atoms with Crippen LogP contribution in [0.3, 0.4) is 0 Å². The molecule has 0 aliphatic carbocycles. The molecule has 16 nitrogen and oxygen atoms in total. The van der Waals surface area contributed by atoms with Crippen molar-refractivity contribution in [1.29, 1.82) is 0 Å². The van der Waals surface area contributed by atoms with E-state index in [1.807, 2.05) is 116 Å². The summed E-state index contributed by atoms with van der Waals surface area (Å²) in [5.74, 6) is 2.81. The topological polar surface area (TPSA) is 166 Å². The summed E-state index contributed by atoms with van der Waals surface area (Å²) in [6.45, 7) is 0. The fourth-order valence-electron chi connectivity index (χ4n) is 11.1. The van der Waals surface area contributed by atoms with Gasteiger partial charge in [-0.1, -0.05) is 0 Å². The zero-order valence-electron chi connectivity index (χ0n) is 49.7. The van der Waals surface area contributed by atoms with E-state index in [2.05, 4.69) is 195 Å². The third kappa shape index (κ3) is 12.4. The van der Waals surface area contributed by atoms with Crippen LogP contribution in [0.25, 0.3) is 145 Å². The standard InChI is InChI=1S/C17H11N2.2C16H10N3.2C11H7N4.5Ga.5H/c1-3-7-14-12(5-1)9-10-18-17(14)16-11-13-6-2-4-8-15(13)19-16;1-2-6-12-10-17-15(9-11(12)5-1)16-18-13-7-3-4-8-14(13)19-16;1-2-6-12-11(5-1)9-10-17-15(12)16-18-13-7-3-4-8-14(13)19-16;1-2-6-12-8(4-1)11-14-9-5-3-7-13-10(9)15-11;1-2-4-13-8(3-1)10-5-9-11(15-10)6-12-7-14-9;;;;;;;;;;/h1-11H;2*1-10H;2*1-7H;;;;;;;;;;/q5*-1;5*+1;;;;;. The molecule has 5 radical (unpaired) electrons. The van der Waals surface area contributed by atoms with Gasteiger partial charge in [-0.15, -0.1) is 0 Å². The summed E-state index contributed by atoms with van der Waals surface area (Å²) in [7, 11) is 0. The van der Waals surface area contributed by atoms with Crippen molar-refractivity contribution >= 4 is 182 Å². The van der Waals surface area contributed by atoms with Gasteiger partial charge in [-0.2, -0.15) is 0 Å². The van der Waals surface area contributed by atoms with Crippen LogP contribution < -0.4 is 0 Å². The average Bonchev–Trinajstić information content (AvgIpc) is 2.08. The molecule has 0 atom stereocenters. The molecular weight excluding hydrogens is 1430 g/mol. The molecule has 0 aliphatic rings. The Hall–Kier alpha value is -9.25. The Labute approximate surface area is 578 Å². The molecule has 6 aromatic carbocycles. The number of benzene rings is 6. The molecule has 21 heteroatoms. The van der Waals surface area contributed by atoms with E-state index in [9.17, 15) is 0 Å². The van der Waals surface area contributed by atoms with Crippen LogP contribution in [0.4, 0.5) is 0 Å². The summed E-state index contributed by atoms with van der Waals surface area (Å²) in [6, 6.07) is 76.2. The second kappa shape index (κ2) is 27.3. The van der Waals surface area contributed by atoms with Gasteiger partial charge in [-0.05, 0) is 0 Å². The van der Waals surface area contributed by atoms with E-state index in [1.54, 1.807) is 24.9 Å². The Kier molecular flexibility index (Phi) is 17.9. The number of imidazole rings is 3. The predicted molar refractivity (Wildman–Crippen MR) is 378 cm³/mol. The number of hydrogen-bond donors (Lipinski definition) is 0. The predicted octanol–water partition coefficient (Wildman–Crippen LogP) is 11.7. The molecule has 18 rings (SSSR count). The van der Waals surface area contributed by atoms with Crippen molar-refractivity contribution in [1.82, 2.24) is 71.2 Å². The summed E-state index contributed by atoms with van der Waals surface area (Å²) in [6.07, 6.45) is 14.4. The zero-order chi connectivity index (χ0) is 62.5. The summed E-state index contributed by atoms with van der Waals surface area (Å²) < 4.78 is 11.1. The molecule has 0 aliphatic heterocycles. The van der Waals surface area contributed by atoms with Gasteiger partial charge in [0.05, 0.1) is 0 Å². The number of pyridine rings is 6. The second-order valence-electron chi connectivity index (χ2n) is 21.3. The minimum atomic E-state index is 0.786.